The number of nitrogens with one attached hydrogen (secondary N) is 2. The van der Waals surface area contributed by atoms with Crippen molar-refractivity contribution < 1.29 is 18.4 Å². The van der Waals surface area contributed by atoms with Gasteiger partial charge in [0.05, 0.1) is 16.9 Å². The summed E-state index contributed by atoms with van der Waals surface area (Å²) >= 11 is 0.874. The molecule has 0 spiro atoms. The Hall–Kier alpha value is -3.50. The third-order valence-corrected chi connectivity index (χ3v) is 6.90. The number of carbonyl (C=O) groups is 2. The van der Waals surface area contributed by atoms with Gasteiger partial charge in [0, 0.05) is 31.4 Å². The van der Waals surface area contributed by atoms with Gasteiger partial charge in [-0.2, -0.15) is 0 Å². The molecule has 0 radical (unpaired) electrons. The average molecular weight is 494 g/mol. The third-order valence-electron chi connectivity index (χ3n) is 6.09. The van der Waals surface area contributed by atoms with Crippen molar-refractivity contribution in [3.8, 4) is 11.3 Å². The molecule has 4 heterocycles. The smallest absolute Gasteiger partial charge is 0.290 e. The first-order chi connectivity index (χ1) is 17.0. The first-order valence-corrected chi connectivity index (χ1v) is 12.2. The lowest BCUT2D eigenvalue weighted by atomic mass is 9.96. The summed E-state index contributed by atoms with van der Waals surface area (Å²) in [5, 5.41) is 5.39. The molecule has 2 saturated heterocycles. The molecule has 1 aromatic carbocycles. The van der Waals surface area contributed by atoms with Crippen LogP contribution in [0, 0.1) is 11.7 Å². The van der Waals surface area contributed by atoms with Crippen molar-refractivity contribution in [1.82, 2.24) is 20.6 Å². The fourth-order valence-corrected chi connectivity index (χ4v) is 4.93. The lowest BCUT2D eigenvalue weighted by molar-refractivity contribution is -0.115. The van der Waals surface area contributed by atoms with E-state index in [9.17, 15) is 14.0 Å². The van der Waals surface area contributed by atoms with Gasteiger partial charge in [-0.3, -0.25) is 14.9 Å². The van der Waals surface area contributed by atoms with Crippen LogP contribution in [0.3, 0.4) is 0 Å². The summed E-state index contributed by atoms with van der Waals surface area (Å²) in [6.07, 6.45) is 6.85. The first kappa shape index (κ1) is 23.3. The van der Waals surface area contributed by atoms with Gasteiger partial charge in [-0.25, -0.2) is 14.4 Å². The number of aromatic nitrogens is 2. The van der Waals surface area contributed by atoms with E-state index in [2.05, 4.69) is 25.5 Å². The van der Waals surface area contributed by atoms with Crippen molar-refractivity contribution in [2.75, 3.05) is 24.5 Å². The molecule has 2 aliphatic heterocycles. The number of hydrogen-bond acceptors (Lipinski definition) is 8. The van der Waals surface area contributed by atoms with Gasteiger partial charge < -0.3 is 14.6 Å². The van der Waals surface area contributed by atoms with Gasteiger partial charge in [0.15, 0.2) is 0 Å². The number of imide groups is 1. The Morgan fingerprint density at radius 1 is 1.23 bits per heavy atom. The predicted octanol–water partition coefficient (Wildman–Crippen LogP) is 4.21. The molecule has 10 heteroatoms. The maximum atomic E-state index is 13.8. The number of benzene rings is 1. The minimum absolute atomic E-state index is 0.284. The number of thioether (sulfide) groups is 1. The highest BCUT2D eigenvalue weighted by Gasteiger charge is 2.26. The molecule has 0 bridgehead atoms. The number of hydrogen-bond donors (Lipinski definition) is 2. The largest absolute Gasteiger partial charge is 0.464 e. The summed E-state index contributed by atoms with van der Waals surface area (Å²) in [5.74, 6) is 1.11. The van der Waals surface area contributed by atoms with Gasteiger partial charge in [-0.15, -0.1) is 0 Å². The minimum Gasteiger partial charge on any atom is -0.464 e. The standard InChI is InChI=1S/C25H24FN5O3S/c26-18-4-3-17(20(12-18)21-2-1-11-34-21)15-27-14-16-6-9-31(10-7-16)24-28-8-5-19(29-24)13-22-23(32)30-25(33)35-22/h1-5,8,11-13,16,27H,6-7,9-10,14-15H2,(H,30,32,33)/b22-13+. The van der Waals surface area contributed by atoms with Crippen molar-refractivity contribution in [1.29, 1.82) is 0 Å². The second kappa shape index (κ2) is 10.4. The fourth-order valence-electron chi connectivity index (χ4n) is 4.26. The number of furan rings is 1. The Morgan fingerprint density at radius 3 is 2.83 bits per heavy atom. The molecule has 180 valence electrons. The summed E-state index contributed by atoms with van der Waals surface area (Å²) in [6.45, 7) is 3.14. The Kier molecular flexibility index (Phi) is 6.91. The zero-order valence-electron chi connectivity index (χ0n) is 18.9. The number of carbonyl (C=O) groups excluding carboxylic acids is 2. The lowest BCUT2D eigenvalue weighted by Gasteiger charge is -2.32. The van der Waals surface area contributed by atoms with E-state index in [1.807, 2.05) is 6.07 Å². The molecule has 0 aliphatic carbocycles. The second-order valence-electron chi connectivity index (χ2n) is 8.47. The maximum Gasteiger partial charge on any atom is 0.290 e. The molecular formula is C25H24FN5O3S. The minimum atomic E-state index is -0.398. The monoisotopic (exact) mass is 493 g/mol. The Bertz CT molecular complexity index is 1260. The molecule has 0 atom stereocenters. The molecule has 3 aromatic rings. The molecule has 5 rings (SSSR count). The van der Waals surface area contributed by atoms with E-state index in [0.717, 1.165) is 55.4 Å². The van der Waals surface area contributed by atoms with E-state index in [-0.39, 0.29) is 11.1 Å². The van der Waals surface area contributed by atoms with E-state index in [1.165, 1.54) is 12.1 Å². The van der Waals surface area contributed by atoms with Crippen LogP contribution in [0.1, 0.15) is 24.1 Å². The van der Waals surface area contributed by atoms with Crippen molar-refractivity contribution in [2.45, 2.75) is 19.4 Å². The molecule has 2 N–H and O–H groups in total. The van der Waals surface area contributed by atoms with E-state index in [4.69, 9.17) is 4.42 Å². The number of amides is 2. The number of nitrogens with zero attached hydrogens (tertiary/aromatic N) is 3. The van der Waals surface area contributed by atoms with Gasteiger partial charge in [-0.1, -0.05) is 6.07 Å². The molecule has 2 aromatic heterocycles. The van der Waals surface area contributed by atoms with Crippen LogP contribution >= 0.6 is 11.8 Å². The number of piperidine rings is 1. The Balaban J connectivity index is 1.14. The van der Waals surface area contributed by atoms with E-state index in [0.29, 0.717) is 34.8 Å². The van der Waals surface area contributed by atoms with Crippen molar-refractivity contribution in [3.63, 3.8) is 0 Å². The maximum absolute atomic E-state index is 13.8. The van der Waals surface area contributed by atoms with Gasteiger partial charge >= 0.3 is 0 Å². The Morgan fingerprint density at radius 2 is 2.09 bits per heavy atom. The van der Waals surface area contributed by atoms with Crippen LogP contribution in [0.25, 0.3) is 17.4 Å². The summed E-state index contributed by atoms with van der Waals surface area (Å²) in [4.78, 5) is 34.6. The molecule has 35 heavy (non-hydrogen) atoms. The number of halogens is 1. The van der Waals surface area contributed by atoms with Gasteiger partial charge in [0.1, 0.15) is 11.6 Å². The highest BCUT2D eigenvalue weighted by Crippen LogP contribution is 2.27. The molecule has 0 saturated carbocycles. The molecular weight excluding hydrogens is 469 g/mol. The van der Waals surface area contributed by atoms with Gasteiger partial charge in [0.25, 0.3) is 11.1 Å². The van der Waals surface area contributed by atoms with E-state index in [1.54, 1.807) is 36.7 Å². The van der Waals surface area contributed by atoms with Crippen LogP contribution in [0.15, 0.2) is 58.2 Å². The van der Waals surface area contributed by atoms with Crippen LogP contribution in [-0.4, -0.2) is 40.7 Å². The van der Waals surface area contributed by atoms with Crippen molar-refractivity contribution in [3.05, 3.63) is 70.8 Å². The van der Waals surface area contributed by atoms with Crippen molar-refractivity contribution in [2.24, 2.45) is 5.92 Å². The first-order valence-electron chi connectivity index (χ1n) is 11.4. The van der Waals surface area contributed by atoms with Gasteiger partial charge in [0.2, 0.25) is 5.95 Å². The fraction of sp³-hybridized carbons (Fsp3) is 0.280. The highest BCUT2D eigenvalue weighted by molar-refractivity contribution is 8.18. The van der Waals surface area contributed by atoms with E-state index < -0.39 is 5.91 Å². The van der Waals surface area contributed by atoms with Crippen LogP contribution in [0.5, 0.6) is 0 Å². The average Bonchev–Trinajstić information content (AvgIpc) is 3.50. The molecule has 0 unspecified atom stereocenters. The van der Waals surface area contributed by atoms with E-state index >= 15 is 0 Å². The molecule has 2 amide bonds. The summed E-state index contributed by atoms with van der Waals surface area (Å²) in [6, 6.07) is 10.1. The van der Waals surface area contributed by atoms with Crippen LogP contribution in [0.4, 0.5) is 15.1 Å². The van der Waals surface area contributed by atoms with Crippen LogP contribution in [-0.2, 0) is 11.3 Å². The molecule has 2 fully saturated rings. The summed E-state index contributed by atoms with van der Waals surface area (Å²) in [7, 11) is 0. The predicted molar refractivity (Wildman–Crippen MR) is 132 cm³/mol. The normalized spacial score (nSPS) is 17.9. The number of anilines is 1. The zero-order chi connectivity index (χ0) is 24.2. The van der Waals surface area contributed by atoms with Crippen LogP contribution in [0.2, 0.25) is 0 Å². The van der Waals surface area contributed by atoms with Gasteiger partial charge in [-0.05, 0) is 79.0 Å². The third kappa shape index (κ3) is 5.60. The summed E-state index contributed by atoms with van der Waals surface area (Å²) in [5.41, 5.74) is 2.36. The van der Waals surface area contributed by atoms with Crippen molar-refractivity contribution >= 4 is 34.9 Å². The quantitative estimate of drug-likeness (QED) is 0.472. The highest BCUT2D eigenvalue weighted by atomic mass is 32.2. The lowest BCUT2D eigenvalue weighted by Crippen LogP contribution is -2.38. The zero-order valence-corrected chi connectivity index (χ0v) is 19.7. The Labute approximate surface area is 206 Å². The summed E-state index contributed by atoms with van der Waals surface area (Å²) < 4.78 is 19.2. The van der Waals surface area contributed by atoms with Crippen LogP contribution < -0.4 is 15.5 Å². The molecule has 2 aliphatic rings. The molecule has 8 nitrogen and oxygen atoms in total. The number of rotatable bonds is 7. The topological polar surface area (TPSA) is 100 Å². The second-order valence-corrected chi connectivity index (χ2v) is 9.49. The SMILES string of the molecule is O=C1NC(=O)/C(=C\c2ccnc(N3CCC(CNCc4ccc(F)cc4-c4ccco4)CC3)n2)S1.